The lowest BCUT2D eigenvalue weighted by Gasteiger charge is -2.34. The average Bonchev–Trinajstić information content (AvgIpc) is 3.13. The zero-order chi connectivity index (χ0) is 22.4. The van der Waals surface area contributed by atoms with Gasteiger partial charge in [0.25, 0.3) is 5.91 Å². The molecule has 0 saturated carbocycles. The van der Waals surface area contributed by atoms with Crippen LogP contribution in [0.1, 0.15) is 15.9 Å². The summed E-state index contributed by atoms with van der Waals surface area (Å²) in [6, 6.07) is 12.3. The van der Waals surface area contributed by atoms with E-state index in [-0.39, 0.29) is 12.5 Å². The second-order valence-corrected chi connectivity index (χ2v) is 9.28. The second-order valence-electron chi connectivity index (χ2n) is 7.23. The summed E-state index contributed by atoms with van der Waals surface area (Å²) in [6.07, 6.45) is 1.74. The molecule has 0 aromatic heterocycles. The minimum atomic E-state index is -0.960. The molecule has 1 heterocycles. The number of rotatable bonds is 7. The number of imide groups is 1. The van der Waals surface area contributed by atoms with Crippen molar-refractivity contribution in [2.75, 3.05) is 26.2 Å². The van der Waals surface area contributed by atoms with E-state index in [0.29, 0.717) is 35.2 Å². The van der Waals surface area contributed by atoms with Gasteiger partial charge in [-0.25, -0.2) is 9.18 Å². The van der Waals surface area contributed by atoms with E-state index in [2.05, 4.69) is 32.5 Å². The molecule has 6 nitrogen and oxygen atoms in total. The molecule has 3 N–H and O–H groups in total. The van der Waals surface area contributed by atoms with E-state index in [1.807, 2.05) is 4.90 Å². The number of amides is 3. The summed E-state index contributed by atoms with van der Waals surface area (Å²) in [6.45, 7) is 5.01. The minimum Gasteiger partial charge on any atom is -0.396 e. The molecule has 2 aromatic rings. The Morgan fingerprint density at radius 3 is 2.74 bits per heavy atom. The lowest BCUT2D eigenvalue weighted by Crippen LogP contribution is -2.42. The lowest BCUT2D eigenvalue weighted by molar-refractivity contribution is 0.0965. The predicted octanol–water partition coefficient (Wildman–Crippen LogP) is 3.68. The highest BCUT2D eigenvalue weighted by Gasteiger charge is 2.50. The van der Waals surface area contributed by atoms with Crippen molar-refractivity contribution < 1.29 is 19.1 Å². The first kappa shape index (κ1) is 23.5. The van der Waals surface area contributed by atoms with Crippen molar-refractivity contribution in [3.63, 3.8) is 0 Å². The van der Waals surface area contributed by atoms with Crippen molar-refractivity contribution in [3.8, 4) is 0 Å². The highest BCUT2D eigenvalue weighted by Crippen LogP contribution is 2.48. The van der Waals surface area contributed by atoms with Crippen molar-refractivity contribution in [3.05, 3.63) is 82.6 Å². The number of aliphatic hydroxyl groups is 1. The van der Waals surface area contributed by atoms with Gasteiger partial charge in [0, 0.05) is 47.8 Å². The normalized spacial score (nSPS) is 20.9. The molecule has 3 rings (SSSR count). The Bertz CT molecular complexity index is 962. The van der Waals surface area contributed by atoms with Crippen LogP contribution in [0.25, 0.3) is 0 Å². The number of benzene rings is 2. The third-order valence-corrected chi connectivity index (χ3v) is 7.00. The van der Waals surface area contributed by atoms with Crippen LogP contribution >= 0.6 is 27.9 Å². The van der Waals surface area contributed by atoms with Crippen LogP contribution in [-0.4, -0.2) is 48.2 Å². The van der Waals surface area contributed by atoms with E-state index in [9.17, 15) is 19.1 Å². The largest absolute Gasteiger partial charge is 0.396 e. The first-order valence-corrected chi connectivity index (χ1v) is 11.2. The number of aliphatic hydroxyl groups excluding tert-OH is 1. The van der Waals surface area contributed by atoms with Gasteiger partial charge in [0.1, 0.15) is 5.82 Å². The highest BCUT2D eigenvalue weighted by atomic mass is 79.9. The molecule has 2 atom stereocenters. The summed E-state index contributed by atoms with van der Waals surface area (Å²) in [5, 5.41) is 12.4. The van der Waals surface area contributed by atoms with Crippen LogP contribution in [0.3, 0.4) is 0 Å². The molecule has 1 aliphatic rings. The van der Waals surface area contributed by atoms with Gasteiger partial charge < -0.3 is 5.11 Å². The monoisotopic (exact) mass is 507 g/mol. The standard InChI is InChI=1S/C22H23BrFN3O3S/c1-2-10-27-12-16(13-28)22(14-27,18-11-17(23)8-9-19(18)24)31-26-21(30)25-20(29)15-6-4-3-5-7-15/h2-9,11,16,28H,1,10,12-14H2,(H2,25,26,29,30)/t16-,22+/m1/s1. The number of hydrogen-bond acceptors (Lipinski definition) is 5. The molecule has 1 aliphatic heterocycles. The fraction of sp³-hybridized carbons (Fsp3) is 0.273. The zero-order valence-electron chi connectivity index (χ0n) is 16.7. The van der Waals surface area contributed by atoms with E-state index in [1.54, 1.807) is 48.5 Å². The molecule has 164 valence electrons. The van der Waals surface area contributed by atoms with E-state index in [1.165, 1.54) is 6.07 Å². The third kappa shape index (κ3) is 5.35. The molecule has 3 amide bonds. The number of likely N-dealkylation sites (tertiary alicyclic amines) is 1. The number of carbonyl (C=O) groups is 2. The molecule has 0 radical (unpaired) electrons. The number of urea groups is 1. The maximum absolute atomic E-state index is 14.9. The molecular weight excluding hydrogens is 485 g/mol. The molecular formula is C22H23BrFN3O3S. The molecule has 0 spiro atoms. The van der Waals surface area contributed by atoms with Crippen LogP contribution in [0.15, 0.2) is 65.7 Å². The van der Waals surface area contributed by atoms with Crippen molar-refractivity contribution in [2.45, 2.75) is 4.75 Å². The van der Waals surface area contributed by atoms with Gasteiger partial charge in [-0.15, -0.1) is 6.58 Å². The van der Waals surface area contributed by atoms with Crippen molar-refractivity contribution in [1.82, 2.24) is 14.9 Å². The Hall–Kier alpha value is -2.20. The van der Waals surface area contributed by atoms with Gasteiger partial charge in [-0.3, -0.25) is 19.7 Å². The summed E-state index contributed by atoms with van der Waals surface area (Å²) >= 11 is 4.39. The predicted molar refractivity (Wildman–Crippen MR) is 123 cm³/mol. The Balaban J connectivity index is 1.84. The second kappa shape index (κ2) is 10.4. The summed E-state index contributed by atoms with van der Waals surface area (Å²) in [5.74, 6) is -1.33. The Morgan fingerprint density at radius 1 is 1.32 bits per heavy atom. The number of nitrogens with zero attached hydrogens (tertiary/aromatic N) is 1. The van der Waals surface area contributed by atoms with E-state index in [0.717, 1.165) is 11.9 Å². The Kier molecular flexibility index (Phi) is 7.88. The van der Waals surface area contributed by atoms with Crippen LogP contribution in [0.2, 0.25) is 0 Å². The minimum absolute atomic E-state index is 0.196. The fourth-order valence-electron chi connectivity index (χ4n) is 3.74. The van der Waals surface area contributed by atoms with Gasteiger partial charge in [-0.05, 0) is 42.3 Å². The highest BCUT2D eigenvalue weighted by molar-refractivity contribution is 9.10. The Labute approximate surface area is 193 Å². The molecule has 9 heteroatoms. The van der Waals surface area contributed by atoms with Crippen LogP contribution in [0.4, 0.5) is 9.18 Å². The summed E-state index contributed by atoms with van der Waals surface area (Å²) in [4.78, 5) is 26.7. The zero-order valence-corrected chi connectivity index (χ0v) is 19.1. The SMILES string of the molecule is C=CCN1C[C@H](CO)[C@](SNC(=O)NC(=O)c2ccccc2)(c2cc(Br)ccc2F)C1. The van der Waals surface area contributed by atoms with Crippen molar-refractivity contribution >= 4 is 39.8 Å². The topological polar surface area (TPSA) is 81.7 Å². The van der Waals surface area contributed by atoms with Crippen LogP contribution in [0, 0.1) is 11.7 Å². The van der Waals surface area contributed by atoms with Gasteiger partial charge in [0.15, 0.2) is 0 Å². The number of hydrogen-bond donors (Lipinski definition) is 3. The van der Waals surface area contributed by atoms with E-state index in [4.69, 9.17) is 0 Å². The quantitative estimate of drug-likeness (QED) is 0.393. The molecule has 2 aromatic carbocycles. The number of carbonyl (C=O) groups excluding carboxylic acids is 2. The van der Waals surface area contributed by atoms with Crippen LogP contribution < -0.4 is 10.0 Å². The van der Waals surface area contributed by atoms with Crippen molar-refractivity contribution in [2.24, 2.45) is 5.92 Å². The van der Waals surface area contributed by atoms with Gasteiger partial charge in [-0.2, -0.15) is 0 Å². The maximum atomic E-state index is 14.9. The molecule has 0 bridgehead atoms. The van der Waals surface area contributed by atoms with Crippen LogP contribution in [-0.2, 0) is 4.75 Å². The average molecular weight is 508 g/mol. The molecule has 31 heavy (non-hydrogen) atoms. The molecule has 1 fully saturated rings. The van der Waals surface area contributed by atoms with Gasteiger partial charge in [0.05, 0.1) is 4.75 Å². The van der Waals surface area contributed by atoms with E-state index >= 15 is 0 Å². The van der Waals surface area contributed by atoms with Crippen LogP contribution in [0.5, 0.6) is 0 Å². The first-order valence-electron chi connectivity index (χ1n) is 9.63. The van der Waals surface area contributed by atoms with Crippen molar-refractivity contribution in [1.29, 1.82) is 0 Å². The molecule has 0 aliphatic carbocycles. The number of nitrogens with one attached hydrogen (secondary N) is 2. The summed E-state index contributed by atoms with van der Waals surface area (Å²) < 4.78 is 17.3. The maximum Gasteiger partial charge on any atom is 0.331 e. The fourth-order valence-corrected chi connectivity index (χ4v) is 5.25. The lowest BCUT2D eigenvalue weighted by atomic mass is 9.88. The molecule has 1 saturated heterocycles. The van der Waals surface area contributed by atoms with E-state index < -0.39 is 22.5 Å². The van der Waals surface area contributed by atoms with Gasteiger partial charge in [0.2, 0.25) is 0 Å². The molecule has 0 unspecified atom stereocenters. The first-order chi connectivity index (χ1) is 14.9. The summed E-state index contributed by atoms with van der Waals surface area (Å²) in [5.41, 5.74) is 0.717. The smallest absolute Gasteiger partial charge is 0.331 e. The Morgan fingerprint density at radius 2 is 2.06 bits per heavy atom. The van der Waals surface area contributed by atoms with Gasteiger partial charge in [-0.1, -0.05) is 40.2 Å². The number of halogens is 2. The summed E-state index contributed by atoms with van der Waals surface area (Å²) in [7, 11) is 0. The third-order valence-electron chi connectivity index (χ3n) is 5.18. The van der Waals surface area contributed by atoms with Gasteiger partial charge >= 0.3 is 6.03 Å².